The van der Waals surface area contributed by atoms with Crippen LogP contribution in [0.15, 0.2) is 125 Å². The summed E-state index contributed by atoms with van der Waals surface area (Å²) in [6.07, 6.45) is 0.714. The van der Waals surface area contributed by atoms with E-state index in [2.05, 4.69) is 31.6 Å². The maximum absolute atomic E-state index is 14.0. The standard InChI is InChI=1S/C41H48FN7O5/c1-4-29(2)38(47-34-16-14-32(15-17-34)40(52)45-28-33-12-8-9-13-37(33)42)49-41(48-35-18-20-36(50)21-19-35)46-30(3)43-22-24-53-26-27-54-25-23-44-39(51)31-10-6-5-7-11-31/h5-21,47,50H,4,22-28H2,1-3H3,(H,44,51)(H,45,52)(H2,43,46,48,49)/b38-29+. The molecule has 6 N–H and O–H groups in total. The van der Waals surface area contributed by atoms with Gasteiger partial charge in [-0.2, -0.15) is 4.99 Å². The van der Waals surface area contributed by atoms with Gasteiger partial charge in [0.1, 0.15) is 17.4 Å². The monoisotopic (exact) mass is 737 g/mol. The molecule has 284 valence electrons. The fourth-order valence-electron chi connectivity index (χ4n) is 4.78. The molecule has 0 aliphatic rings. The molecule has 54 heavy (non-hydrogen) atoms. The van der Waals surface area contributed by atoms with Gasteiger partial charge in [-0.25, -0.2) is 4.39 Å². The number of rotatable bonds is 18. The molecule has 4 aromatic rings. The highest BCUT2D eigenvalue weighted by Crippen LogP contribution is 2.18. The molecule has 0 bridgehead atoms. The van der Waals surface area contributed by atoms with Gasteiger partial charge in [0, 0.05) is 41.2 Å². The van der Waals surface area contributed by atoms with E-state index in [0.717, 1.165) is 5.57 Å². The van der Waals surface area contributed by atoms with E-state index in [1.54, 1.807) is 78.9 Å². The summed E-state index contributed by atoms with van der Waals surface area (Å²) in [6, 6.07) is 28.9. The zero-order chi connectivity index (χ0) is 38.5. The van der Waals surface area contributed by atoms with Crippen LogP contribution in [-0.2, 0) is 16.0 Å². The molecule has 0 saturated carbocycles. The second-order valence-corrected chi connectivity index (χ2v) is 12.0. The Morgan fingerprint density at radius 1 is 0.722 bits per heavy atom. The molecule has 4 aromatic carbocycles. The number of allylic oxidation sites excluding steroid dienone is 1. The topological polar surface area (TPSA) is 158 Å². The number of amides is 2. The SMILES string of the molecule is CC/C(C)=C(/N=C(\NC(C)=NCCOCCOCCNC(=O)c1ccccc1)Nc1ccc(O)cc1)Nc1ccc(C(=O)NCc2ccccc2F)cc1. The van der Waals surface area contributed by atoms with Gasteiger partial charge in [0.05, 0.1) is 38.8 Å². The summed E-state index contributed by atoms with van der Waals surface area (Å²) in [7, 11) is 0. The van der Waals surface area contributed by atoms with Gasteiger partial charge in [-0.3, -0.25) is 14.6 Å². The molecule has 0 aromatic heterocycles. The number of benzene rings is 4. The van der Waals surface area contributed by atoms with Gasteiger partial charge in [-0.15, -0.1) is 0 Å². The lowest BCUT2D eigenvalue weighted by Gasteiger charge is -2.16. The minimum absolute atomic E-state index is 0.0798. The van der Waals surface area contributed by atoms with Crippen LogP contribution in [0.2, 0.25) is 0 Å². The lowest BCUT2D eigenvalue weighted by molar-refractivity contribution is 0.0512. The number of nitrogens with one attached hydrogen (secondary N) is 5. The number of ether oxygens (including phenoxy) is 2. The number of carbonyl (C=O) groups excluding carboxylic acids is 2. The average Bonchev–Trinajstić information content (AvgIpc) is 3.19. The van der Waals surface area contributed by atoms with E-state index in [9.17, 15) is 19.1 Å². The second-order valence-electron chi connectivity index (χ2n) is 12.0. The molecule has 0 atom stereocenters. The Balaban J connectivity index is 1.30. The van der Waals surface area contributed by atoms with Gasteiger partial charge < -0.3 is 41.2 Å². The lowest BCUT2D eigenvalue weighted by atomic mass is 10.1. The first-order valence-corrected chi connectivity index (χ1v) is 17.7. The predicted octanol–water partition coefficient (Wildman–Crippen LogP) is 6.45. The number of guanidine groups is 1. The van der Waals surface area contributed by atoms with E-state index in [1.165, 1.54) is 6.07 Å². The van der Waals surface area contributed by atoms with Crippen LogP contribution in [0.1, 0.15) is 53.5 Å². The van der Waals surface area contributed by atoms with Crippen molar-refractivity contribution in [2.45, 2.75) is 33.7 Å². The number of hydrogen-bond acceptors (Lipinski definition) is 8. The predicted molar refractivity (Wildman–Crippen MR) is 211 cm³/mol. The van der Waals surface area contributed by atoms with Crippen molar-refractivity contribution in [1.29, 1.82) is 0 Å². The smallest absolute Gasteiger partial charge is 0.251 e. The van der Waals surface area contributed by atoms with Gasteiger partial charge in [-0.05, 0) is 92.6 Å². The number of amidine groups is 1. The number of phenols is 1. The Hall–Kier alpha value is -6.05. The van der Waals surface area contributed by atoms with Crippen LogP contribution in [0.25, 0.3) is 0 Å². The van der Waals surface area contributed by atoms with Crippen molar-refractivity contribution in [3.05, 3.63) is 137 Å². The number of aliphatic imine (C=N–C) groups is 2. The molecule has 0 aliphatic carbocycles. The Kier molecular flexibility index (Phi) is 16.7. The van der Waals surface area contributed by atoms with Gasteiger partial charge in [-0.1, -0.05) is 43.3 Å². The number of aromatic hydroxyl groups is 1. The summed E-state index contributed by atoms with van der Waals surface area (Å²) < 4.78 is 25.2. The van der Waals surface area contributed by atoms with E-state index in [-0.39, 0.29) is 29.9 Å². The van der Waals surface area contributed by atoms with E-state index < -0.39 is 0 Å². The van der Waals surface area contributed by atoms with Crippen molar-refractivity contribution in [2.75, 3.05) is 50.2 Å². The third-order valence-corrected chi connectivity index (χ3v) is 7.92. The quantitative estimate of drug-likeness (QED) is 0.0294. The number of phenolic OH excluding ortho intramolecular Hbond substituents is 1. The molecule has 0 spiro atoms. The fourth-order valence-corrected chi connectivity index (χ4v) is 4.78. The third kappa shape index (κ3) is 14.2. The van der Waals surface area contributed by atoms with Gasteiger partial charge >= 0.3 is 0 Å². The van der Waals surface area contributed by atoms with Crippen molar-refractivity contribution in [3.63, 3.8) is 0 Å². The molecule has 12 nitrogen and oxygen atoms in total. The second kappa shape index (κ2) is 22.1. The minimum atomic E-state index is -0.370. The van der Waals surface area contributed by atoms with Crippen molar-refractivity contribution >= 4 is 35.0 Å². The van der Waals surface area contributed by atoms with E-state index >= 15 is 0 Å². The van der Waals surface area contributed by atoms with E-state index in [0.29, 0.717) is 91.6 Å². The first kappa shape index (κ1) is 40.7. The van der Waals surface area contributed by atoms with Crippen LogP contribution >= 0.6 is 0 Å². The van der Waals surface area contributed by atoms with Crippen molar-refractivity contribution in [1.82, 2.24) is 16.0 Å². The van der Waals surface area contributed by atoms with Crippen molar-refractivity contribution in [2.24, 2.45) is 9.98 Å². The fraction of sp³-hybridized carbons (Fsp3) is 0.268. The normalized spacial score (nSPS) is 12.1. The molecule has 0 saturated heterocycles. The number of halogens is 1. The first-order chi connectivity index (χ1) is 26.2. The Labute approximate surface area is 315 Å². The molecule has 4 rings (SSSR count). The lowest BCUT2D eigenvalue weighted by Crippen LogP contribution is -2.35. The average molecular weight is 738 g/mol. The Morgan fingerprint density at radius 2 is 1.33 bits per heavy atom. The van der Waals surface area contributed by atoms with Crippen molar-refractivity contribution in [3.8, 4) is 5.75 Å². The highest BCUT2D eigenvalue weighted by atomic mass is 19.1. The van der Waals surface area contributed by atoms with Crippen LogP contribution in [0, 0.1) is 5.82 Å². The maximum atomic E-state index is 14.0. The molecule has 13 heteroatoms. The molecular formula is C41H48FN7O5. The molecular weight excluding hydrogens is 689 g/mol. The molecule has 0 aliphatic heterocycles. The number of hydrogen-bond donors (Lipinski definition) is 6. The maximum Gasteiger partial charge on any atom is 0.251 e. The Bertz CT molecular complexity index is 1880. The molecule has 2 amide bonds. The van der Waals surface area contributed by atoms with Crippen LogP contribution in [-0.4, -0.2) is 68.2 Å². The largest absolute Gasteiger partial charge is 0.508 e. The van der Waals surface area contributed by atoms with Crippen LogP contribution in [0.3, 0.4) is 0 Å². The summed E-state index contributed by atoms with van der Waals surface area (Å²) in [5.41, 5.74) is 3.82. The van der Waals surface area contributed by atoms with Gasteiger partial charge in [0.15, 0.2) is 0 Å². The summed E-state index contributed by atoms with van der Waals surface area (Å²) in [6.45, 7) is 8.23. The Morgan fingerprint density at radius 3 is 2.04 bits per heavy atom. The zero-order valence-electron chi connectivity index (χ0n) is 30.8. The summed E-state index contributed by atoms with van der Waals surface area (Å²) in [5.74, 6) is 0.870. The van der Waals surface area contributed by atoms with Crippen LogP contribution < -0.4 is 26.6 Å². The van der Waals surface area contributed by atoms with Crippen LogP contribution in [0.5, 0.6) is 5.75 Å². The van der Waals surface area contributed by atoms with E-state index in [1.807, 2.05) is 39.0 Å². The molecule has 0 heterocycles. The summed E-state index contributed by atoms with van der Waals surface area (Å²) >= 11 is 0. The van der Waals surface area contributed by atoms with Crippen LogP contribution in [0.4, 0.5) is 15.8 Å². The number of anilines is 2. The third-order valence-electron chi connectivity index (χ3n) is 7.92. The summed E-state index contributed by atoms with van der Waals surface area (Å²) in [4.78, 5) is 34.3. The number of nitrogens with zero attached hydrogens (tertiary/aromatic N) is 2. The molecule has 0 unspecified atom stereocenters. The molecule has 0 fully saturated rings. The van der Waals surface area contributed by atoms with E-state index in [4.69, 9.17) is 14.5 Å². The first-order valence-electron chi connectivity index (χ1n) is 17.7. The van der Waals surface area contributed by atoms with Gasteiger partial charge in [0.2, 0.25) is 5.96 Å². The minimum Gasteiger partial charge on any atom is -0.508 e. The molecule has 0 radical (unpaired) electrons. The van der Waals surface area contributed by atoms with Crippen molar-refractivity contribution < 1.29 is 28.6 Å². The van der Waals surface area contributed by atoms with Gasteiger partial charge in [0.25, 0.3) is 11.8 Å². The summed E-state index contributed by atoms with van der Waals surface area (Å²) in [5, 5.41) is 25.2. The highest BCUT2D eigenvalue weighted by molar-refractivity contribution is 6.05. The zero-order valence-corrected chi connectivity index (χ0v) is 30.8. The highest BCUT2D eigenvalue weighted by Gasteiger charge is 2.11. The number of carbonyl (C=O) groups is 2.